The van der Waals surface area contributed by atoms with Crippen molar-refractivity contribution in [2.24, 2.45) is 0 Å². The second-order valence-electron chi connectivity index (χ2n) is 6.60. The van der Waals surface area contributed by atoms with Crippen molar-refractivity contribution in [3.63, 3.8) is 0 Å². The summed E-state index contributed by atoms with van der Waals surface area (Å²) >= 11 is 0. The second-order valence-corrected chi connectivity index (χ2v) is 6.60. The van der Waals surface area contributed by atoms with Crippen LogP contribution in [0.3, 0.4) is 0 Å². The Bertz CT molecular complexity index is 944. The zero-order valence-corrected chi connectivity index (χ0v) is 14.9. The van der Waals surface area contributed by atoms with E-state index >= 15 is 0 Å². The number of nitrogens with one attached hydrogen (secondary N) is 2. The van der Waals surface area contributed by atoms with Gasteiger partial charge in [0.1, 0.15) is 17.1 Å². The first-order chi connectivity index (χ1) is 12.8. The van der Waals surface area contributed by atoms with Gasteiger partial charge in [0.25, 0.3) is 0 Å². The Morgan fingerprint density at radius 3 is 2.73 bits per heavy atom. The summed E-state index contributed by atoms with van der Waals surface area (Å²) in [7, 11) is 1.63. The highest BCUT2D eigenvalue weighted by atomic mass is 16.5. The number of pyridine rings is 2. The van der Waals surface area contributed by atoms with Crippen molar-refractivity contribution in [3.05, 3.63) is 48.0 Å². The summed E-state index contributed by atoms with van der Waals surface area (Å²) in [6.07, 6.45) is 11.8. The van der Waals surface area contributed by atoms with Crippen molar-refractivity contribution in [1.29, 1.82) is 0 Å². The number of fused-ring (bicyclic) bond motifs is 1. The largest absolute Gasteiger partial charge is 0.495 e. The summed E-state index contributed by atoms with van der Waals surface area (Å²) in [5.74, 6) is 7.11. The van der Waals surface area contributed by atoms with Gasteiger partial charge in [-0.2, -0.15) is 0 Å². The molecule has 1 aliphatic carbocycles. The molecule has 3 aromatic heterocycles. The molecule has 3 heterocycles. The number of methoxy groups -OCH3 is 1. The fourth-order valence-electron chi connectivity index (χ4n) is 3.42. The first-order valence-corrected chi connectivity index (χ1v) is 9.08. The van der Waals surface area contributed by atoms with Gasteiger partial charge in [-0.25, -0.2) is 9.97 Å². The molecule has 0 atom stereocenters. The number of rotatable bonds is 3. The summed E-state index contributed by atoms with van der Waals surface area (Å²) in [6.45, 7) is 0. The molecule has 0 unspecified atom stereocenters. The van der Waals surface area contributed by atoms with Crippen LogP contribution in [-0.2, 0) is 0 Å². The summed E-state index contributed by atoms with van der Waals surface area (Å²) in [5.41, 5.74) is 3.57. The molecule has 0 aliphatic heterocycles. The predicted molar refractivity (Wildman–Crippen MR) is 103 cm³/mol. The van der Waals surface area contributed by atoms with E-state index in [0.717, 1.165) is 28.0 Å². The van der Waals surface area contributed by atoms with Crippen molar-refractivity contribution in [3.8, 4) is 17.6 Å². The van der Waals surface area contributed by atoms with Crippen LogP contribution >= 0.6 is 0 Å². The van der Waals surface area contributed by atoms with E-state index in [1.807, 2.05) is 24.5 Å². The van der Waals surface area contributed by atoms with Crippen molar-refractivity contribution in [2.75, 3.05) is 12.4 Å². The topological polar surface area (TPSA) is 62.8 Å². The number of hydrogen-bond acceptors (Lipinski definition) is 4. The molecule has 0 spiro atoms. The van der Waals surface area contributed by atoms with E-state index in [-0.39, 0.29) is 0 Å². The highest BCUT2D eigenvalue weighted by molar-refractivity contribution is 5.92. The number of H-pyrrole nitrogens is 1. The minimum absolute atomic E-state index is 0.504. The Morgan fingerprint density at radius 2 is 1.96 bits per heavy atom. The Morgan fingerprint density at radius 1 is 1.08 bits per heavy atom. The quantitative estimate of drug-likeness (QED) is 0.701. The number of anilines is 1. The molecule has 0 radical (unpaired) electrons. The molecule has 2 N–H and O–H groups in total. The lowest BCUT2D eigenvalue weighted by Crippen LogP contribution is -2.22. The van der Waals surface area contributed by atoms with Crippen molar-refractivity contribution in [1.82, 2.24) is 15.0 Å². The van der Waals surface area contributed by atoms with E-state index in [1.54, 1.807) is 13.3 Å². The monoisotopic (exact) mass is 346 g/mol. The molecule has 4 rings (SSSR count). The first-order valence-electron chi connectivity index (χ1n) is 9.08. The number of hydrogen-bond donors (Lipinski definition) is 2. The maximum Gasteiger partial charge on any atom is 0.139 e. The van der Waals surface area contributed by atoms with Gasteiger partial charge in [-0.1, -0.05) is 25.2 Å². The zero-order chi connectivity index (χ0) is 17.8. The maximum absolute atomic E-state index is 5.14. The van der Waals surface area contributed by atoms with Gasteiger partial charge < -0.3 is 15.0 Å². The maximum atomic E-state index is 5.14. The third-order valence-corrected chi connectivity index (χ3v) is 4.84. The molecule has 0 saturated heterocycles. The summed E-state index contributed by atoms with van der Waals surface area (Å²) in [6, 6.07) is 6.29. The standard InChI is InChI=1S/C21H22N4O/c1-26-18-10-9-16(23-14-18)8-7-15-13-24-21-19(11-12-22-21)20(15)25-17-5-3-2-4-6-17/h9-14,17H,2-6H2,1H3,(H2,22,24,25). The normalized spacial score (nSPS) is 14.7. The molecule has 5 heteroatoms. The van der Waals surface area contributed by atoms with Crippen molar-refractivity contribution < 1.29 is 4.74 Å². The summed E-state index contributed by atoms with van der Waals surface area (Å²) in [4.78, 5) is 12.0. The van der Waals surface area contributed by atoms with Crippen molar-refractivity contribution in [2.45, 2.75) is 38.1 Å². The summed E-state index contributed by atoms with van der Waals surface area (Å²) in [5, 5.41) is 4.82. The van der Waals surface area contributed by atoms with Crippen LogP contribution in [0.15, 0.2) is 36.8 Å². The van der Waals surface area contributed by atoms with E-state index in [2.05, 4.69) is 38.2 Å². The van der Waals surface area contributed by atoms with Crippen LogP contribution in [0, 0.1) is 11.8 Å². The van der Waals surface area contributed by atoms with E-state index < -0.39 is 0 Å². The molecular weight excluding hydrogens is 324 g/mol. The zero-order valence-electron chi connectivity index (χ0n) is 14.9. The fourth-order valence-corrected chi connectivity index (χ4v) is 3.42. The first kappa shape index (κ1) is 16.5. The van der Waals surface area contributed by atoms with Crippen LogP contribution in [0.4, 0.5) is 5.69 Å². The van der Waals surface area contributed by atoms with Crippen LogP contribution in [-0.4, -0.2) is 28.1 Å². The highest BCUT2D eigenvalue weighted by Gasteiger charge is 2.16. The minimum Gasteiger partial charge on any atom is -0.495 e. The van der Waals surface area contributed by atoms with Crippen LogP contribution in [0.2, 0.25) is 0 Å². The number of aromatic amines is 1. The molecular formula is C21H22N4O. The molecule has 0 amide bonds. The van der Waals surface area contributed by atoms with E-state index in [0.29, 0.717) is 11.7 Å². The van der Waals surface area contributed by atoms with Gasteiger partial charge >= 0.3 is 0 Å². The number of aromatic nitrogens is 3. The van der Waals surface area contributed by atoms with Crippen LogP contribution in [0.25, 0.3) is 11.0 Å². The van der Waals surface area contributed by atoms with Crippen LogP contribution in [0.5, 0.6) is 5.75 Å². The van der Waals surface area contributed by atoms with Gasteiger partial charge in [0.05, 0.1) is 24.6 Å². The molecule has 132 valence electrons. The predicted octanol–water partition coefficient (Wildman–Crippen LogP) is 4.11. The molecule has 1 saturated carbocycles. The molecule has 26 heavy (non-hydrogen) atoms. The lowest BCUT2D eigenvalue weighted by Gasteiger charge is -2.24. The van der Waals surface area contributed by atoms with Gasteiger partial charge in [0, 0.05) is 23.8 Å². The van der Waals surface area contributed by atoms with Gasteiger partial charge in [0.2, 0.25) is 0 Å². The number of ether oxygens (including phenoxy) is 1. The summed E-state index contributed by atoms with van der Waals surface area (Å²) < 4.78 is 5.14. The molecule has 5 nitrogen and oxygen atoms in total. The SMILES string of the molecule is COc1ccc(C#Cc2cnc3[nH]ccc3c2NC2CCCCC2)nc1. The lowest BCUT2D eigenvalue weighted by molar-refractivity contribution is 0.413. The Hall–Kier alpha value is -3.00. The Balaban J connectivity index is 1.67. The fraction of sp³-hybridized carbons (Fsp3) is 0.333. The van der Waals surface area contributed by atoms with Gasteiger partial charge in [-0.15, -0.1) is 0 Å². The van der Waals surface area contributed by atoms with E-state index in [4.69, 9.17) is 4.74 Å². The molecule has 3 aromatic rings. The molecule has 1 fully saturated rings. The average Bonchev–Trinajstić information content (AvgIpc) is 3.18. The van der Waals surface area contributed by atoms with Gasteiger partial charge in [-0.05, 0) is 37.0 Å². The molecule has 1 aliphatic rings. The third kappa shape index (κ3) is 3.50. The van der Waals surface area contributed by atoms with Crippen LogP contribution in [0.1, 0.15) is 43.4 Å². The van der Waals surface area contributed by atoms with E-state index in [9.17, 15) is 0 Å². The molecule has 0 bridgehead atoms. The highest BCUT2D eigenvalue weighted by Crippen LogP contribution is 2.29. The van der Waals surface area contributed by atoms with Gasteiger partial charge in [0.15, 0.2) is 0 Å². The minimum atomic E-state index is 0.504. The smallest absolute Gasteiger partial charge is 0.139 e. The molecule has 0 aromatic carbocycles. The average molecular weight is 346 g/mol. The Labute approximate surface area is 153 Å². The van der Waals surface area contributed by atoms with Crippen LogP contribution < -0.4 is 10.1 Å². The third-order valence-electron chi connectivity index (χ3n) is 4.84. The van der Waals surface area contributed by atoms with Gasteiger partial charge in [-0.3, -0.25) is 0 Å². The van der Waals surface area contributed by atoms with E-state index in [1.165, 1.54) is 32.1 Å². The Kier molecular flexibility index (Phi) is 4.74. The van der Waals surface area contributed by atoms with Crippen molar-refractivity contribution >= 4 is 16.7 Å². The number of nitrogens with zero attached hydrogens (tertiary/aromatic N) is 2. The lowest BCUT2D eigenvalue weighted by atomic mass is 9.95. The second kappa shape index (κ2) is 7.49.